The fourth-order valence-electron chi connectivity index (χ4n) is 6.53. The van der Waals surface area contributed by atoms with Gasteiger partial charge in [-0.2, -0.15) is 9.13 Å². The Balaban J connectivity index is 0.00000151. The van der Waals surface area contributed by atoms with Crippen molar-refractivity contribution in [3.63, 3.8) is 0 Å². The van der Waals surface area contributed by atoms with E-state index < -0.39 is 0 Å². The molecule has 204 valence electrons. The van der Waals surface area contributed by atoms with Crippen LogP contribution >= 0.6 is 0 Å². The molecule has 0 amide bonds. The van der Waals surface area contributed by atoms with Gasteiger partial charge in [0.2, 0.25) is 22.1 Å². The van der Waals surface area contributed by atoms with Crippen LogP contribution in [0.2, 0.25) is 0 Å². The summed E-state index contributed by atoms with van der Waals surface area (Å²) in [5.41, 5.74) is 10.1. The molecule has 8 aromatic rings. The third-order valence-electron chi connectivity index (χ3n) is 8.27. The molecule has 0 atom stereocenters. The minimum Gasteiger partial charge on any atom is -1.00 e. The molecule has 0 aliphatic rings. The zero-order chi connectivity index (χ0) is 25.8. The highest BCUT2D eigenvalue weighted by Crippen LogP contribution is 2.27. The van der Waals surface area contributed by atoms with E-state index in [2.05, 4.69) is 128 Å². The van der Waals surface area contributed by atoms with E-state index in [1.165, 1.54) is 72.1 Å². The van der Waals surface area contributed by atoms with Crippen molar-refractivity contribution in [3.05, 3.63) is 109 Å². The van der Waals surface area contributed by atoms with Gasteiger partial charge < -0.3 is 57.9 Å². The van der Waals surface area contributed by atoms with E-state index in [0.717, 1.165) is 25.9 Å². The maximum absolute atomic E-state index is 3.65. The number of unbranched alkanes of at least 4 members (excludes halogenated alkanes) is 2. The van der Waals surface area contributed by atoms with E-state index >= 15 is 0 Å². The number of H-pyrrole nitrogens is 2. The van der Waals surface area contributed by atoms with E-state index in [1.54, 1.807) is 0 Å². The molecule has 4 aromatic heterocycles. The van der Waals surface area contributed by atoms with Crippen LogP contribution < -0.4 is 57.1 Å². The van der Waals surface area contributed by atoms with Crippen molar-refractivity contribution >= 4 is 65.7 Å². The van der Waals surface area contributed by atoms with Gasteiger partial charge in [-0.25, -0.2) is 0 Å². The monoisotopic (exact) mass is 760 g/mol. The third kappa shape index (κ3) is 4.74. The van der Waals surface area contributed by atoms with E-state index in [4.69, 9.17) is 0 Å². The molecule has 2 N–H and O–H groups in total. The average molecular weight is 760 g/mol. The van der Waals surface area contributed by atoms with Gasteiger partial charge in [0.1, 0.15) is 24.1 Å². The van der Waals surface area contributed by atoms with Crippen LogP contribution in [0, 0.1) is 0 Å². The van der Waals surface area contributed by atoms with Gasteiger partial charge in [0.15, 0.2) is 0 Å². The van der Waals surface area contributed by atoms with Crippen LogP contribution in [-0.2, 0) is 13.1 Å². The molecule has 4 aromatic carbocycles. The van der Waals surface area contributed by atoms with E-state index in [1.807, 2.05) is 0 Å². The molecule has 0 aliphatic carbocycles. The summed E-state index contributed by atoms with van der Waals surface area (Å²) in [6.07, 6.45) is 3.44. The summed E-state index contributed by atoms with van der Waals surface area (Å²) in [6.45, 7) is 2.00. The number of aromatic nitrogens is 4. The Morgan fingerprint density at radius 2 is 0.854 bits per heavy atom. The number of nitrogens with zero attached hydrogens (tertiary/aromatic N) is 2. The van der Waals surface area contributed by atoms with Gasteiger partial charge in [0, 0.05) is 35.7 Å². The smallest absolute Gasteiger partial charge is 0.238 e. The average Bonchev–Trinajstić information content (AvgIpc) is 3.54. The van der Waals surface area contributed by atoms with Crippen LogP contribution in [0.4, 0.5) is 0 Å². The zero-order valence-corrected chi connectivity index (χ0v) is 26.9. The number of pyridine rings is 2. The Morgan fingerprint density at radius 1 is 0.439 bits per heavy atom. The first-order valence-electron chi connectivity index (χ1n) is 14.0. The van der Waals surface area contributed by atoms with Crippen LogP contribution in [0.3, 0.4) is 0 Å². The summed E-state index contributed by atoms with van der Waals surface area (Å²) in [7, 11) is 0. The Bertz CT molecular complexity index is 2020. The highest BCUT2D eigenvalue weighted by Gasteiger charge is 2.21. The van der Waals surface area contributed by atoms with Crippen LogP contribution in [-0.4, -0.2) is 9.97 Å². The summed E-state index contributed by atoms with van der Waals surface area (Å²) in [5, 5.41) is 5.16. The molecule has 4 nitrogen and oxygen atoms in total. The summed E-state index contributed by atoms with van der Waals surface area (Å²) in [5.74, 6) is 0. The first kappa shape index (κ1) is 27.9. The number of hydrogen-bond acceptors (Lipinski definition) is 0. The summed E-state index contributed by atoms with van der Waals surface area (Å²) in [6, 6.07) is 39.5. The largest absolute Gasteiger partial charge is 1.00 e. The van der Waals surface area contributed by atoms with Crippen molar-refractivity contribution in [2.75, 3.05) is 0 Å². The minimum atomic E-state index is 0. The van der Waals surface area contributed by atoms with Crippen molar-refractivity contribution in [1.29, 1.82) is 0 Å². The fraction of sp³-hybridized carbons (Fsp3) is 0.143. The number of para-hydroxylation sites is 4. The van der Waals surface area contributed by atoms with Gasteiger partial charge in [0.05, 0.1) is 21.8 Å². The van der Waals surface area contributed by atoms with Gasteiger partial charge in [-0.1, -0.05) is 48.5 Å². The van der Waals surface area contributed by atoms with Crippen molar-refractivity contribution in [2.24, 2.45) is 0 Å². The van der Waals surface area contributed by atoms with Crippen LogP contribution in [0.5, 0.6) is 0 Å². The molecule has 41 heavy (non-hydrogen) atoms. The van der Waals surface area contributed by atoms with Crippen molar-refractivity contribution < 1.29 is 57.1 Å². The molecule has 0 radical (unpaired) electrons. The molecule has 0 bridgehead atoms. The summed E-state index contributed by atoms with van der Waals surface area (Å²) < 4.78 is 5.07. The number of nitrogens with one attached hydrogen (secondary N) is 2. The van der Waals surface area contributed by atoms with Crippen molar-refractivity contribution in [1.82, 2.24) is 9.97 Å². The fourth-order valence-corrected chi connectivity index (χ4v) is 6.53. The molecule has 0 unspecified atom stereocenters. The second-order valence-corrected chi connectivity index (χ2v) is 10.6. The van der Waals surface area contributed by atoms with E-state index in [9.17, 15) is 0 Å². The third-order valence-corrected chi connectivity index (χ3v) is 8.27. The molecule has 0 spiro atoms. The number of hydrogen-bond donors (Lipinski definition) is 2. The highest BCUT2D eigenvalue weighted by atomic mass is 127. The predicted molar refractivity (Wildman–Crippen MR) is 161 cm³/mol. The Labute approximate surface area is 272 Å². The number of benzene rings is 4. The maximum Gasteiger partial charge on any atom is 0.238 e. The lowest BCUT2D eigenvalue weighted by Gasteiger charge is -2.06. The van der Waals surface area contributed by atoms with Gasteiger partial charge in [-0.05, 0) is 55.0 Å². The van der Waals surface area contributed by atoms with Gasteiger partial charge in [-0.15, -0.1) is 0 Å². The predicted octanol–water partition coefficient (Wildman–Crippen LogP) is 1.72. The molecule has 6 heteroatoms. The first-order chi connectivity index (χ1) is 19.3. The molecule has 4 heterocycles. The van der Waals surface area contributed by atoms with E-state index in [0.29, 0.717) is 0 Å². The van der Waals surface area contributed by atoms with Crippen LogP contribution in [0.1, 0.15) is 19.3 Å². The number of fused-ring (bicyclic) bond motifs is 8. The van der Waals surface area contributed by atoms with Crippen molar-refractivity contribution in [3.8, 4) is 0 Å². The lowest BCUT2D eigenvalue weighted by molar-refractivity contribution is -0.649. The lowest BCUT2D eigenvalue weighted by Crippen LogP contribution is -3.00. The second kappa shape index (κ2) is 11.6. The normalized spacial score (nSPS) is 11.5. The molecule has 0 saturated carbocycles. The Hall–Kier alpha value is -3.24. The quantitative estimate of drug-likeness (QED) is 0.148. The SMILES string of the molecule is [I-].[I-].c1ccc2c(c1)cc1[nH]c3ccccc3c1[n+]2CCCCC[n+]1c2ccccc2cc2[nH]c3ccccc3c21. The molecule has 0 fully saturated rings. The lowest BCUT2D eigenvalue weighted by atomic mass is 10.1. The van der Waals surface area contributed by atoms with Crippen molar-refractivity contribution in [2.45, 2.75) is 32.4 Å². The molecular weight excluding hydrogens is 730 g/mol. The highest BCUT2D eigenvalue weighted by molar-refractivity contribution is 6.06. The molecule has 0 aliphatic heterocycles. The Kier molecular flexibility index (Phi) is 7.87. The number of halogens is 2. The Morgan fingerprint density at radius 3 is 1.34 bits per heavy atom. The molecular formula is C35H30I2N4. The van der Waals surface area contributed by atoms with Gasteiger partial charge in [-0.3, -0.25) is 0 Å². The molecule has 0 saturated heterocycles. The number of rotatable bonds is 6. The van der Waals surface area contributed by atoms with Gasteiger partial charge in [0.25, 0.3) is 0 Å². The maximum atomic E-state index is 3.65. The number of aryl methyl sites for hydroxylation is 2. The zero-order valence-electron chi connectivity index (χ0n) is 22.6. The molecule has 8 rings (SSSR count). The summed E-state index contributed by atoms with van der Waals surface area (Å²) >= 11 is 0. The van der Waals surface area contributed by atoms with Crippen LogP contribution in [0.15, 0.2) is 109 Å². The van der Waals surface area contributed by atoms with Crippen LogP contribution in [0.25, 0.3) is 65.7 Å². The second-order valence-electron chi connectivity index (χ2n) is 10.6. The first-order valence-corrected chi connectivity index (χ1v) is 14.0. The number of aromatic amines is 2. The van der Waals surface area contributed by atoms with E-state index in [-0.39, 0.29) is 48.0 Å². The van der Waals surface area contributed by atoms with Gasteiger partial charge >= 0.3 is 0 Å². The standard InChI is InChI=1S/C35H28N4.2HI/c1(10-20-38-32-18-8-2-12-24(32)22-30-34(38)26-14-4-6-16-28(26)36-30)11-21-39-33-19-9-3-13-25(33)23-31-35(39)27-15-5-7-17-29(27)37-31;;/h2-9,12-19,22-23H,1,10-11,20-21H2;2*1H. The summed E-state index contributed by atoms with van der Waals surface area (Å²) in [4.78, 5) is 7.31. The minimum absolute atomic E-state index is 0. The topological polar surface area (TPSA) is 39.3 Å².